The summed E-state index contributed by atoms with van der Waals surface area (Å²) in [5.41, 5.74) is 1.15. The molecule has 0 aliphatic heterocycles. The Labute approximate surface area is 116 Å². The molecule has 0 fully saturated rings. The van der Waals surface area contributed by atoms with Gasteiger partial charge in [0.05, 0.1) is 0 Å². The molecule has 5 heteroatoms. The van der Waals surface area contributed by atoms with Crippen molar-refractivity contribution in [3.8, 4) is 0 Å². The molecule has 1 aromatic heterocycles. The van der Waals surface area contributed by atoms with E-state index in [-0.39, 0.29) is 0 Å². The van der Waals surface area contributed by atoms with Crippen molar-refractivity contribution >= 4 is 11.6 Å². The Morgan fingerprint density at radius 2 is 1.84 bits per heavy atom. The van der Waals surface area contributed by atoms with E-state index in [0.717, 1.165) is 49.9 Å². The summed E-state index contributed by atoms with van der Waals surface area (Å²) in [4.78, 5) is 8.68. The minimum atomic E-state index is 0.379. The summed E-state index contributed by atoms with van der Waals surface area (Å²) in [6.45, 7) is 11.7. The molecule has 0 atom stereocenters. The molecule has 19 heavy (non-hydrogen) atoms. The van der Waals surface area contributed by atoms with Gasteiger partial charge in [0.15, 0.2) is 0 Å². The van der Waals surface area contributed by atoms with Crippen LogP contribution in [0.25, 0.3) is 0 Å². The molecule has 1 aromatic rings. The predicted octanol–water partition coefficient (Wildman–Crippen LogP) is 2.87. The van der Waals surface area contributed by atoms with E-state index in [1.54, 1.807) is 6.33 Å². The molecule has 1 heterocycles. The number of nitrogens with one attached hydrogen (secondary N) is 2. The highest BCUT2D eigenvalue weighted by atomic mass is 16.5. The average molecular weight is 266 g/mol. The third kappa shape index (κ3) is 5.03. The second-order valence-corrected chi connectivity index (χ2v) is 4.65. The van der Waals surface area contributed by atoms with Crippen molar-refractivity contribution < 1.29 is 4.74 Å². The Balaban J connectivity index is 2.68. The maximum absolute atomic E-state index is 5.33. The van der Waals surface area contributed by atoms with E-state index >= 15 is 0 Å². The van der Waals surface area contributed by atoms with Gasteiger partial charge in [0.2, 0.25) is 0 Å². The van der Waals surface area contributed by atoms with Gasteiger partial charge in [0.1, 0.15) is 18.0 Å². The van der Waals surface area contributed by atoms with Crippen molar-refractivity contribution in [3.63, 3.8) is 0 Å². The van der Waals surface area contributed by atoms with E-state index in [4.69, 9.17) is 4.74 Å². The van der Waals surface area contributed by atoms with Gasteiger partial charge in [-0.3, -0.25) is 0 Å². The lowest BCUT2D eigenvalue weighted by Gasteiger charge is -2.17. The molecule has 0 saturated heterocycles. The fourth-order valence-corrected chi connectivity index (χ4v) is 1.92. The molecule has 5 nitrogen and oxygen atoms in total. The molecule has 0 radical (unpaired) electrons. The van der Waals surface area contributed by atoms with Crippen LogP contribution in [0.15, 0.2) is 6.33 Å². The first-order chi connectivity index (χ1) is 9.20. The van der Waals surface area contributed by atoms with Crippen LogP contribution in [-0.2, 0) is 4.74 Å². The van der Waals surface area contributed by atoms with Crippen molar-refractivity contribution in [3.05, 3.63) is 11.9 Å². The second-order valence-electron chi connectivity index (χ2n) is 4.65. The molecule has 0 unspecified atom stereocenters. The molecular weight excluding hydrogens is 240 g/mol. The fraction of sp³-hybridized carbons (Fsp3) is 0.714. The van der Waals surface area contributed by atoms with Gasteiger partial charge in [0, 0.05) is 31.9 Å². The number of aromatic nitrogens is 2. The van der Waals surface area contributed by atoms with Crippen LogP contribution in [0.5, 0.6) is 0 Å². The average Bonchev–Trinajstić information content (AvgIpc) is 2.38. The van der Waals surface area contributed by atoms with Gasteiger partial charge in [-0.05, 0) is 26.2 Å². The van der Waals surface area contributed by atoms with E-state index < -0.39 is 0 Å². The predicted molar refractivity (Wildman–Crippen MR) is 79.9 cm³/mol. The number of nitrogens with zero attached hydrogens (tertiary/aromatic N) is 2. The minimum Gasteiger partial charge on any atom is -0.382 e. The highest BCUT2D eigenvalue weighted by molar-refractivity contribution is 5.58. The number of hydrogen-bond acceptors (Lipinski definition) is 5. The number of hydrogen-bond donors (Lipinski definition) is 2. The van der Waals surface area contributed by atoms with E-state index in [9.17, 15) is 0 Å². The maximum Gasteiger partial charge on any atom is 0.134 e. The van der Waals surface area contributed by atoms with Crippen LogP contribution in [-0.4, -0.2) is 36.3 Å². The number of rotatable bonds is 9. The lowest BCUT2D eigenvalue weighted by atomic mass is 10.0. The molecule has 0 aliphatic carbocycles. The molecule has 108 valence electrons. The van der Waals surface area contributed by atoms with Crippen LogP contribution >= 0.6 is 0 Å². The SMILES string of the molecule is CCNc1ncnc(NCCCOCC)c1C(C)C. The highest BCUT2D eigenvalue weighted by Gasteiger charge is 2.13. The van der Waals surface area contributed by atoms with Crippen molar-refractivity contribution in [2.24, 2.45) is 0 Å². The van der Waals surface area contributed by atoms with Crippen LogP contribution in [0, 0.1) is 0 Å². The first-order valence-corrected chi connectivity index (χ1v) is 7.11. The Kier molecular flexibility index (Phi) is 7.18. The number of anilines is 2. The Bertz CT molecular complexity index is 368. The van der Waals surface area contributed by atoms with Gasteiger partial charge < -0.3 is 15.4 Å². The number of ether oxygens (including phenoxy) is 1. The van der Waals surface area contributed by atoms with E-state index in [2.05, 4.69) is 41.4 Å². The largest absolute Gasteiger partial charge is 0.382 e. The summed E-state index contributed by atoms with van der Waals surface area (Å²) in [6.07, 6.45) is 2.58. The van der Waals surface area contributed by atoms with Crippen LogP contribution in [0.2, 0.25) is 0 Å². The lowest BCUT2D eigenvalue weighted by Crippen LogP contribution is -2.13. The van der Waals surface area contributed by atoms with Crippen LogP contribution in [0.4, 0.5) is 11.6 Å². The lowest BCUT2D eigenvalue weighted by molar-refractivity contribution is 0.147. The smallest absolute Gasteiger partial charge is 0.134 e. The monoisotopic (exact) mass is 266 g/mol. The molecule has 2 N–H and O–H groups in total. The summed E-state index contributed by atoms with van der Waals surface area (Å²) < 4.78 is 5.33. The van der Waals surface area contributed by atoms with E-state index in [0.29, 0.717) is 5.92 Å². The third-order valence-corrected chi connectivity index (χ3v) is 2.77. The molecule has 0 amide bonds. The van der Waals surface area contributed by atoms with E-state index in [1.807, 2.05) is 6.92 Å². The van der Waals surface area contributed by atoms with Crippen molar-refractivity contribution in [2.75, 3.05) is 36.9 Å². The standard InChI is InChI=1S/C14H26N4O/c1-5-15-13-12(11(3)4)14(18-10-17-13)16-8-7-9-19-6-2/h10-11H,5-9H2,1-4H3,(H2,15,16,17,18). The van der Waals surface area contributed by atoms with Gasteiger partial charge in [-0.2, -0.15) is 0 Å². The van der Waals surface area contributed by atoms with Crippen LogP contribution in [0.1, 0.15) is 45.6 Å². The second kappa shape index (κ2) is 8.69. The molecule has 1 rings (SSSR count). The van der Waals surface area contributed by atoms with Gasteiger partial charge >= 0.3 is 0 Å². The van der Waals surface area contributed by atoms with Crippen molar-refractivity contribution in [1.82, 2.24) is 9.97 Å². The van der Waals surface area contributed by atoms with E-state index in [1.165, 1.54) is 0 Å². The first kappa shape index (κ1) is 15.7. The van der Waals surface area contributed by atoms with Gasteiger partial charge in [-0.15, -0.1) is 0 Å². The molecule has 0 spiro atoms. The quantitative estimate of drug-likeness (QED) is 0.673. The third-order valence-electron chi connectivity index (χ3n) is 2.77. The Morgan fingerprint density at radius 1 is 1.16 bits per heavy atom. The zero-order chi connectivity index (χ0) is 14.1. The Hall–Kier alpha value is -1.36. The molecule has 0 bridgehead atoms. The fourth-order valence-electron chi connectivity index (χ4n) is 1.92. The molecule has 0 aliphatic rings. The van der Waals surface area contributed by atoms with Gasteiger partial charge in [-0.25, -0.2) is 9.97 Å². The molecule has 0 aromatic carbocycles. The Morgan fingerprint density at radius 3 is 2.42 bits per heavy atom. The zero-order valence-electron chi connectivity index (χ0n) is 12.5. The topological polar surface area (TPSA) is 59.1 Å². The van der Waals surface area contributed by atoms with Crippen LogP contribution < -0.4 is 10.6 Å². The van der Waals surface area contributed by atoms with Gasteiger partial charge in [-0.1, -0.05) is 13.8 Å². The first-order valence-electron chi connectivity index (χ1n) is 7.11. The summed E-state index contributed by atoms with van der Waals surface area (Å²) in [6, 6.07) is 0. The zero-order valence-corrected chi connectivity index (χ0v) is 12.5. The van der Waals surface area contributed by atoms with Crippen molar-refractivity contribution in [2.45, 2.75) is 40.0 Å². The minimum absolute atomic E-state index is 0.379. The highest BCUT2D eigenvalue weighted by Crippen LogP contribution is 2.28. The molecular formula is C14H26N4O. The normalized spacial score (nSPS) is 10.8. The summed E-state index contributed by atoms with van der Waals surface area (Å²) >= 11 is 0. The summed E-state index contributed by atoms with van der Waals surface area (Å²) in [7, 11) is 0. The maximum atomic E-state index is 5.33. The van der Waals surface area contributed by atoms with Gasteiger partial charge in [0.25, 0.3) is 0 Å². The summed E-state index contributed by atoms with van der Waals surface area (Å²) in [5.74, 6) is 2.24. The van der Waals surface area contributed by atoms with Crippen LogP contribution in [0.3, 0.4) is 0 Å². The van der Waals surface area contributed by atoms with Crippen molar-refractivity contribution in [1.29, 1.82) is 0 Å². The summed E-state index contributed by atoms with van der Waals surface area (Å²) in [5, 5.41) is 6.67. The molecule has 0 saturated carbocycles.